The zero-order valence-electron chi connectivity index (χ0n) is 32.9. The molecule has 4 fully saturated rings. The van der Waals surface area contributed by atoms with E-state index in [0.29, 0.717) is 43.4 Å². The molecule has 1 saturated carbocycles. The van der Waals surface area contributed by atoms with E-state index < -0.39 is 103 Å². The van der Waals surface area contributed by atoms with Gasteiger partial charge in [0.1, 0.15) is 24.1 Å². The predicted octanol–water partition coefficient (Wildman–Crippen LogP) is 3.67. The van der Waals surface area contributed by atoms with Crippen LogP contribution in [0.25, 0.3) is 0 Å². The van der Waals surface area contributed by atoms with Crippen molar-refractivity contribution in [2.45, 2.75) is 172 Å². The van der Waals surface area contributed by atoms with Crippen molar-refractivity contribution in [1.29, 1.82) is 0 Å². The van der Waals surface area contributed by atoms with E-state index in [9.17, 15) is 30.0 Å². The molecule has 15 nitrogen and oxygen atoms in total. The van der Waals surface area contributed by atoms with Crippen LogP contribution in [-0.2, 0) is 42.7 Å². The maximum absolute atomic E-state index is 13.0. The van der Waals surface area contributed by atoms with E-state index >= 15 is 0 Å². The predicted molar refractivity (Wildman–Crippen MR) is 193 cm³/mol. The highest BCUT2D eigenvalue weighted by Crippen LogP contribution is 2.55. The summed E-state index contributed by atoms with van der Waals surface area (Å²) in [6.45, 7) is 9.12. The molecule has 6 rings (SSSR count). The van der Waals surface area contributed by atoms with Gasteiger partial charge in [0.05, 0.1) is 66.6 Å². The van der Waals surface area contributed by atoms with Crippen molar-refractivity contribution in [3.63, 3.8) is 0 Å². The number of Topliss-reactive ketones (excluding diaryl/α,β-unsaturated/α-hetero) is 1. The first-order chi connectivity index (χ1) is 26.1. The van der Waals surface area contributed by atoms with Crippen molar-refractivity contribution in [3.8, 4) is 0 Å². The van der Waals surface area contributed by atoms with Gasteiger partial charge in [-0.05, 0) is 70.8 Å². The molecule has 15 heteroatoms. The molecule has 55 heavy (non-hydrogen) atoms. The third-order valence-electron chi connectivity index (χ3n) is 12.8. The first kappa shape index (κ1) is 42.3. The summed E-state index contributed by atoms with van der Waals surface area (Å²) in [5.41, 5.74) is 0.893. The Bertz CT molecular complexity index is 1480. The van der Waals surface area contributed by atoms with Gasteiger partial charge in [-0.3, -0.25) is 9.59 Å². The van der Waals surface area contributed by atoms with Crippen molar-refractivity contribution >= 4 is 11.8 Å². The lowest BCUT2D eigenvalue weighted by Gasteiger charge is -2.52. The average molecular weight is 781 g/mol. The number of aliphatic carboxylic acids is 1. The number of aliphatic hydroxyl groups is 3. The Morgan fingerprint density at radius 1 is 0.836 bits per heavy atom. The summed E-state index contributed by atoms with van der Waals surface area (Å²) >= 11 is 0. The summed E-state index contributed by atoms with van der Waals surface area (Å²) in [4.78, 5) is 25.5. The van der Waals surface area contributed by atoms with Crippen LogP contribution in [0.4, 0.5) is 0 Å². The average Bonchev–Trinajstić information content (AvgIpc) is 3.57. The highest BCUT2D eigenvalue weighted by atomic mass is 16.7. The molecule has 2 aliphatic carbocycles. The van der Waals surface area contributed by atoms with Gasteiger partial charge in [-0.25, -0.2) is 0 Å². The van der Waals surface area contributed by atoms with Crippen LogP contribution in [0.3, 0.4) is 0 Å². The molecular weight excluding hydrogens is 720 g/mol. The summed E-state index contributed by atoms with van der Waals surface area (Å²) in [6.07, 6.45) is -3.30. The summed E-state index contributed by atoms with van der Waals surface area (Å²) in [7, 11) is 3.11. The van der Waals surface area contributed by atoms with Crippen molar-refractivity contribution in [1.82, 2.24) is 0 Å². The minimum atomic E-state index is -0.920. The summed E-state index contributed by atoms with van der Waals surface area (Å²) in [5, 5.41) is 43.1. The van der Waals surface area contributed by atoms with E-state index in [-0.39, 0.29) is 31.0 Å². The van der Waals surface area contributed by atoms with Crippen molar-refractivity contribution in [3.05, 3.63) is 35.3 Å². The van der Waals surface area contributed by atoms with E-state index in [1.54, 1.807) is 33.9 Å². The van der Waals surface area contributed by atoms with Crippen molar-refractivity contribution in [2.24, 2.45) is 17.3 Å². The van der Waals surface area contributed by atoms with E-state index in [1.165, 1.54) is 13.4 Å². The van der Waals surface area contributed by atoms with Crippen LogP contribution >= 0.6 is 0 Å². The molecule has 5 aliphatic rings. The SMILES string of the molecule is CO[C@H]1C[C@H](O[C@@H]2CC3=CC[C@@H](C(=O)O)[C@H](CCC(=O)c4ccoc4C)[C@@]3(C)C[C@H]2O)O[C@H](C)[C@H]1O[C@H]1C[C@H](O)[C@H](O[C@H]2C[C@@H](OC)[C@@H](O)[C@H](C)O2)[C@@H](C)O1. The molecule has 4 heterocycles. The summed E-state index contributed by atoms with van der Waals surface area (Å²) in [6, 6.07) is 1.64. The second-order valence-corrected chi connectivity index (χ2v) is 16.3. The minimum Gasteiger partial charge on any atom is -0.481 e. The zero-order chi connectivity index (χ0) is 39.8. The minimum absolute atomic E-state index is 0.0900. The van der Waals surface area contributed by atoms with Crippen LogP contribution in [0.1, 0.15) is 95.2 Å². The Morgan fingerprint density at radius 3 is 2.09 bits per heavy atom. The number of carbonyl (C=O) groups is 2. The number of hydrogen-bond acceptors (Lipinski definition) is 14. The number of furan rings is 1. The molecular formula is C40H60O15. The molecule has 0 amide bonds. The number of allylic oxidation sites excluding steroid dienone is 1. The Kier molecular flexibility index (Phi) is 13.6. The molecule has 0 aromatic carbocycles. The van der Waals surface area contributed by atoms with Crippen LogP contribution in [0, 0.1) is 24.2 Å². The number of methoxy groups -OCH3 is 2. The van der Waals surface area contributed by atoms with Gasteiger partial charge in [-0.1, -0.05) is 18.6 Å². The molecule has 0 unspecified atom stereocenters. The Morgan fingerprint density at radius 2 is 1.45 bits per heavy atom. The molecule has 3 aliphatic heterocycles. The molecule has 0 bridgehead atoms. The van der Waals surface area contributed by atoms with E-state index in [1.807, 2.05) is 19.9 Å². The van der Waals surface area contributed by atoms with Gasteiger partial charge in [-0.2, -0.15) is 0 Å². The molecule has 0 spiro atoms. The van der Waals surface area contributed by atoms with Gasteiger partial charge < -0.3 is 62.7 Å². The van der Waals surface area contributed by atoms with E-state index in [4.69, 9.17) is 42.3 Å². The van der Waals surface area contributed by atoms with Crippen LogP contribution in [0.5, 0.6) is 0 Å². The number of ether oxygens (including phenoxy) is 8. The van der Waals surface area contributed by atoms with Crippen LogP contribution < -0.4 is 0 Å². The number of aliphatic hydroxyl groups excluding tert-OH is 3. The largest absolute Gasteiger partial charge is 0.481 e. The number of carbonyl (C=O) groups excluding carboxylic acids is 1. The Labute approximate surface area is 322 Å². The number of aryl methyl sites for hydroxylation is 1. The third kappa shape index (κ3) is 9.07. The van der Waals surface area contributed by atoms with Crippen LogP contribution in [0.15, 0.2) is 28.4 Å². The first-order valence-corrected chi connectivity index (χ1v) is 19.7. The first-order valence-electron chi connectivity index (χ1n) is 19.7. The monoisotopic (exact) mass is 780 g/mol. The fraction of sp³-hybridized carbons (Fsp3) is 0.800. The molecule has 1 aromatic rings. The quantitative estimate of drug-likeness (QED) is 0.167. The van der Waals surface area contributed by atoms with Gasteiger partial charge in [0.2, 0.25) is 0 Å². The van der Waals surface area contributed by atoms with Crippen LogP contribution in [0.2, 0.25) is 0 Å². The van der Waals surface area contributed by atoms with E-state index in [0.717, 1.165) is 5.57 Å². The van der Waals surface area contributed by atoms with Crippen molar-refractivity contribution < 1.29 is 72.3 Å². The van der Waals surface area contributed by atoms with Crippen LogP contribution in [-0.4, -0.2) is 132 Å². The standard InChI is InChI=1S/C40H60O15/c1-19-24(12-13-49-19)27(41)11-10-26-25(39(45)46)9-8-23-14-30(29(43)18-40(23,26)5)53-34-17-32(48-7)38(22(4)52-34)55-33-15-28(42)37(21(3)51-33)54-35-16-31(47-6)36(44)20(2)50-35/h8,12-13,20-22,25-26,28-38,42-44H,9-11,14-18H2,1-7H3,(H,45,46)/t20-,21+,22+,25+,26-,28-,29+,30+,31+,32-,33-,34-,35-,36-,37+,38+,40-/m0/s1. The van der Waals surface area contributed by atoms with Gasteiger partial charge >= 0.3 is 5.97 Å². The van der Waals surface area contributed by atoms with Crippen molar-refractivity contribution in [2.75, 3.05) is 14.2 Å². The second kappa shape index (κ2) is 17.7. The molecule has 17 atom stereocenters. The topological polar surface area (TPSA) is 202 Å². The number of fused-ring (bicyclic) bond motifs is 1. The smallest absolute Gasteiger partial charge is 0.307 e. The molecule has 0 radical (unpaired) electrons. The Hall–Kier alpha value is -2.28. The van der Waals surface area contributed by atoms with Gasteiger partial charge in [0.15, 0.2) is 24.7 Å². The lowest BCUT2D eigenvalue weighted by atomic mass is 9.55. The molecule has 1 aromatic heterocycles. The Balaban J connectivity index is 1.04. The lowest BCUT2D eigenvalue weighted by molar-refractivity contribution is -0.338. The number of ketones is 1. The molecule has 3 saturated heterocycles. The van der Waals surface area contributed by atoms with Gasteiger partial charge in [0.25, 0.3) is 0 Å². The molecule has 4 N–H and O–H groups in total. The number of carboxylic acids is 1. The highest BCUT2D eigenvalue weighted by molar-refractivity contribution is 5.96. The number of carboxylic acid groups (broad SMARTS) is 1. The molecule has 310 valence electrons. The lowest BCUT2D eigenvalue weighted by Crippen LogP contribution is -2.57. The zero-order valence-corrected chi connectivity index (χ0v) is 32.9. The third-order valence-corrected chi connectivity index (χ3v) is 12.8. The summed E-state index contributed by atoms with van der Waals surface area (Å²) in [5.74, 6) is -1.49. The fourth-order valence-corrected chi connectivity index (χ4v) is 9.59. The maximum Gasteiger partial charge on any atom is 0.307 e. The summed E-state index contributed by atoms with van der Waals surface area (Å²) < 4.78 is 53.8. The maximum atomic E-state index is 13.0. The number of rotatable bonds is 13. The van der Waals surface area contributed by atoms with E-state index in [2.05, 4.69) is 0 Å². The second-order valence-electron chi connectivity index (χ2n) is 16.3. The normalized spacial score (nSPS) is 43.7. The van der Waals surface area contributed by atoms with Gasteiger partial charge in [-0.15, -0.1) is 0 Å². The fourth-order valence-electron chi connectivity index (χ4n) is 9.59. The highest BCUT2D eigenvalue weighted by Gasteiger charge is 2.53. The van der Waals surface area contributed by atoms with Gasteiger partial charge in [0, 0.05) is 39.9 Å². The number of hydrogen-bond donors (Lipinski definition) is 4.